The molecular formula is C12H10BrN3O3. The summed E-state index contributed by atoms with van der Waals surface area (Å²) in [4.78, 5) is 14.4. The molecule has 98 valence electrons. The van der Waals surface area contributed by atoms with E-state index >= 15 is 0 Å². The molecule has 6 nitrogen and oxygen atoms in total. The number of nitrogens with two attached hydrogens (primary N) is 1. The molecular weight excluding hydrogens is 314 g/mol. The number of nitro benzene ring substituents is 1. The van der Waals surface area contributed by atoms with E-state index in [1.54, 1.807) is 19.1 Å². The molecule has 0 bridgehead atoms. The van der Waals surface area contributed by atoms with E-state index in [0.717, 1.165) is 0 Å². The van der Waals surface area contributed by atoms with Crippen LogP contribution in [0.3, 0.4) is 0 Å². The first-order valence-corrected chi connectivity index (χ1v) is 6.10. The van der Waals surface area contributed by atoms with Gasteiger partial charge in [-0.15, -0.1) is 0 Å². The Balaban J connectivity index is 2.51. The summed E-state index contributed by atoms with van der Waals surface area (Å²) in [5.74, 6) is 0.509. The van der Waals surface area contributed by atoms with Crippen LogP contribution in [0, 0.1) is 17.0 Å². The number of nitrogen functional groups attached to an aromatic ring is 1. The fraction of sp³-hybridized carbons (Fsp3) is 0.0833. The number of hydrogen-bond donors (Lipinski definition) is 1. The Bertz CT molecular complexity index is 646. The molecule has 1 aromatic heterocycles. The number of aryl methyl sites for hydroxylation is 1. The molecule has 1 heterocycles. The Morgan fingerprint density at radius 1 is 1.47 bits per heavy atom. The molecule has 2 N–H and O–H groups in total. The average molecular weight is 324 g/mol. The highest BCUT2D eigenvalue weighted by atomic mass is 79.9. The third kappa shape index (κ3) is 2.82. The molecule has 0 saturated carbocycles. The summed E-state index contributed by atoms with van der Waals surface area (Å²) in [5.41, 5.74) is 6.54. The molecule has 0 aliphatic carbocycles. The summed E-state index contributed by atoms with van der Waals surface area (Å²) in [6.07, 6.45) is 2.93. The molecule has 2 aromatic rings. The lowest BCUT2D eigenvalue weighted by molar-refractivity contribution is -0.385. The molecule has 0 spiro atoms. The Hall–Kier alpha value is -2.15. The summed E-state index contributed by atoms with van der Waals surface area (Å²) in [6.45, 7) is 1.73. The van der Waals surface area contributed by atoms with Gasteiger partial charge in [-0.3, -0.25) is 15.1 Å². The van der Waals surface area contributed by atoms with Gasteiger partial charge in [0.2, 0.25) is 5.75 Å². The van der Waals surface area contributed by atoms with Gasteiger partial charge in [-0.1, -0.05) is 15.9 Å². The molecule has 0 amide bonds. The van der Waals surface area contributed by atoms with Crippen molar-refractivity contribution in [1.29, 1.82) is 0 Å². The minimum atomic E-state index is -0.496. The molecule has 0 unspecified atom stereocenters. The fourth-order valence-corrected chi connectivity index (χ4v) is 2.14. The number of nitrogens with zero attached hydrogens (tertiary/aromatic N) is 2. The van der Waals surface area contributed by atoms with Crippen molar-refractivity contribution in [2.75, 3.05) is 5.73 Å². The topological polar surface area (TPSA) is 91.3 Å². The molecule has 7 heteroatoms. The van der Waals surface area contributed by atoms with Crippen molar-refractivity contribution in [3.63, 3.8) is 0 Å². The highest BCUT2D eigenvalue weighted by Gasteiger charge is 2.20. The number of hydrogen-bond acceptors (Lipinski definition) is 5. The van der Waals surface area contributed by atoms with Crippen molar-refractivity contribution < 1.29 is 9.66 Å². The van der Waals surface area contributed by atoms with E-state index in [1.165, 1.54) is 18.5 Å². The van der Waals surface area contributed by atoms with Gasteiger partial charge < -0.3 is 10.5 Å². The van der Waals surface area contributed by atoms with E-state index in [-0.39, 0.29) is 11.4 Å². The van der Waals surface area contributed by atoms with Gasteiger partial charge in [0.1, 0.15) is 0 Å². The average Bonchev–Trinajstić information content (AvgIpc) is 2.34. The predicted molar refractivity (Wildman–Crippen MR) is 74.3 cm³/mol. The number of nitro groups is 1. The normalized spacial score (nSPS) is 10.2. The van der Waals surface area contributed by atoms with Gasteiger partial charge in [0.15, 0.2) is 5.75 Å². The lowest BCUT2D eigenvalue weighted by atomic mass is 10.2. The number of ether oxygens (including phenoxy) is 1. The quantitative estimate of drug-likeness (QED) is 0.690. The molecule has 0 aliphatic rings. The Morgan fingerprint density at radius 3 is 2.84 bits per heavy atom. The predicted octanol–water partition coefficient (Wildman–Crippen LogP) is 3.44. The van der Waals surface area contributed by atoms with E-state index in [4.69, 9.17) is 10.5 Å². The molecule has 0 fully saturated rings. The molecule has 0 saturated heterocycles. The zero-order chi connectivity index (χ0) is 14.0. The van der Waals surface area contributed by atoms with E-state index in [2.05, 4.69) is 20.9 Å². The maximum atomic E-state index is 11.1. The van der Waals surface area contributed by atoms with Gasteiger partial charge in [0.05, 0.1) is 16.8 Å². The van der Waals surface area contributed by atoms with E-state index in [0.29, 0.717) is 21.5 Å². The summed E-state index contributed by atoms with van der Waals surface area (Å²) in [7, 11) is 0. The van der Waals surface area contributed by atoms with Crippen LogP contribution in [0.4, 0.5) is 11.4 Å². The SMILES string of the molecule is Cc1cc(Br)cc([N+](=O)[O-])c1Oc1ccncc1N. The maximum Gasteiger partial charge on any atom is 0.312 e. The van der Waals surface area contributed by atoms with E-state index in [9.17, 15) is 10.1 Å². The monoisotopic (exact) mass is 323 g/mol. The first kappa shape index (κ1) is 13.3. The van der Waals surface area contributed by atoms with Crippen LogP contribution in [0.25, 0.3) is 0 Å². The highest BCUT2D eigenvalue weighted by molar-refractivity contribution is 9.10. The fourth-order valence-electron chi connectivity index (χ4n) is 1.58. The molecule has 0 aliphatic heterocycles. The Labute approximate surface area is 117 Å². The second kappa shape index (κ2) is 5.23. The van der Waals surface area contributed by atoms with Gasteiger partial charge in [0, 0.05) is 22.8 Å². The van der Waals surface area contributed by atoms with Crippen LogP contribution < -0.4 is 10.5 Å². The summed E-state index contributed by atoms with van der Waals surface area (Å²) in [5, 5.41) is 11.1. The van der Waals surface area contributed by atoms with Crippen LogP contribution in [-0.4, -0.2) is 9.91 Å². The van der Waals surface area contributed by atoms with Gasteiger partial charge in [-0.25, -0.2) is 0 Å². The van der Waals surface area contributed by atoms with Gasteiger partial charge in [-0.05, 0) is 18.6 Å². The molecule has 1 aromatic carbocycles. The van der Waals surface area contributed by atoms with Crippen molar-refractivity contribution in [1.82, 2.24) is 4.98 Å². The standard InChI is InChI=1S/C12H10BrN3O3/c1-7-4-8(13)5-10(16(17)18)12(7)19-11-2-3-15-6-9(11)14/h2-6H,14H2,1H3. The highest BCUT2D eigenvalue weighted by Crippen LogP contribution is 2.38. The number of benzene rings is 1. The summed E-state index contributed by atoms with van der Waals surface area (Å²) in [6, 6.07) is 4.68. The smallest absolute Gasteiger partial charge is 0.312 e. The molecule has 2 rings (SSSR count). The largest absolute Gasteiger partial charge is 0.448 e. The lowest BCUT2D eigenvalue weighted by Gasteiger charge is -2.11. The Morgan fingerprint density at radius 2 is 2.21 bits per heavy atom. The zero-order valence-electron chi connectivity index (χ0n) is 9.96. The minimum Gasteiger partial charge on any atom is -0.448 e. The van der Waals surface area contributed by atoms with Crippen LogP contribution in [0.1, 0.15) is 5.56 Å². The first-order chi connectivity index (χ1) is 8.99. The maximum absolute atomic E-state index is 11.1. The van der Waals surface area contributed by atoms with Crippen LogP contribution in [0.2, 0.25) is 0 Å². The van der Waals surface area contributed by atoms with E-state index < -0.39 is 4.92 Å². The Kier molecular flexibility index (Phi) is 3.66. The number of anilines is 1. The third-order valence-corrected chi connectivity index (χ3v) is 2.90. The van der Waals surface area contributed by atoms with Crippen LogP contribution >= 0.6 is 15.9 Å². The molecule has 19 heavy (non-hydrogen) atoms. The van der Waals surface area contributed by atoms with Crippen LogP contribution in [0.5, 0.6) is 11.5 Å². The number of pyridine rings is 1. The lowest BCUT2D eigenvalue weighted by Crippen LogP contribution is -1.98. The van der Waals surface area contributed by atoms with Crippen molar-refractivity contribution in [2.45, 2.75) is 6.92 Å². The van der Waals surface area contributed by atoms with Gasteiger partial charge in [0.25, 0.3) is 0 Å². The van der Waals surface area contributed by atoms with Crippen molar-refractivity contribution in [3.8, 4) is 11.5 Å². The second-order valence-corrected chi connectivity index (χ2v) is 4.76. The zero-order valence-corrected chi connectivity index (χ0v) is 11.5. The number of rotatable bonds is 3. The number of halogens is 1. The molecule has 0 radical (unpaired) electrons. The minimum absolute atomic E-state index is 0.122. The summed E-state index contributed by atoms with van der Waals surface area (Å²) >= 11 is 3.22. The first-order valence-electron chi connectivity index (χ1n) is 5.31. The van der Waals surface area contributed by atoms with Crippen LogP contribution in [-0.2, 0) is 0 Å². The van der Waals surface area contributed by atoms with Gasteiger partial charge in [-0.2, -0.15) is 0 Å². The van der Waals surface area contributed by atoms with Crippen molar-refractivity contribution in [3.05, 3.63) is 50.7 Å². The molecule has 0 atom stereocenters. The van der Waals surface area contributed by atoms with E-state index in [1.807, 2.05) is 0 Å². The van der Waals surface area contributed by atoms with Crippen molar-refractivity contribution >= 4 is 27.3 Å². The van der Waals surface area contributed by atoms with Crippen LogP contribution in [0.15, 0.2) is 35.1 Å². The summed E-state index contributed by atoms with van der Waals surface area (Å²) < 4.78 is 6.18. The second-order valence-electron chi connectivity index (χ2n) is 3.84. The number of aromatic nitrogens is 1. The van der Waals surface area contributed by atoms with Gasteiger partial charge >= 0.3 is 5.69 Å². The third-order valence-electron chi connectivity index (χ3n) is 2.44. The van der Waals surface area contributed by atoms with Crippen molar-refractivity contribution in [2.24, 2.45) is 0 Å².